The van der Waals surface area contributed by atoms with Crippen LogP contribution in [0.1, 0.15) is 32.6 Å². The molecule has 21 heavy (non-hydrogen) atoms. The lowest BCUT2D eigenvalue weighted by Crippen LogP contribution is -1.97. The van der Waals surface area contributed by atoms with Crippen molar-refractivity contribution in [3.05, 3.63) is 43.5 Å². The average Bonchev–Trinajstić information content (AvgIpc) is 2.77. The normalized spacial score (nSPS) is 11.6. The highest BCUT2D eigenvalue weighted by atomic mass is 127. The van der Waals surface area contributed by atoms with Crippen molar-refractivity contribution in [1.82, 2.24) is 4.57 Å². The van der Waals surface area contributed by atoms with Crippen LogP contribution in [0.15, 0.2) is 36.4 Å². The van der Waals surface area contributed by atoms with Crippen molar-refractivity contribution >= 4 is 67.0 Å². The zero-order valence-corrected chi connectivity index (χ0v) is 16.5. The number of benzene rings is 2. The van der Waals surface area contributed by atoms with Crippen LogP contribution in [0.2, 0.25) is 0 Å². The summed E-state index contributed by atoms with van der Waals surface area (Å²) >= 11 is 4.81. The molecular formula is C18H19I2N. The maximum atomic E-state index is 2.51. The van der Waals surface area contributed by atoms with Crippen LogP contribution in [0, 0.1) is 7.14 Å². The van der Waals surface area contributed by atoms with Gasteiger partial charge in [-0.05, 0) is 88.0 Å². The average molecular weight is 503 g/mol. The fourth-order valence-electron chi connectivity index (χ4n) is 2.99. The van der Waals surface area contributed by atoms with Crippen LogP contribution in [-0.2, 0) is 6.54 Å². The molecule has 1 aromatic heterocycles. The van der Waals surface area contributed by atoms with Gasteiger partial charge in [-0.2, -0.15) is 0 Å². The molecule has 0 radical (unpaired) electrons. The molecule has 0 saturated heterocycles. The fraction of sp³-hybridized carbons (Fsp3) is 0.333. The summed E-state index contributed by atoms with van der Waals surface area (Å²) < 4.78 is 5.12. The van der Waals surface area contributed by atoms with E-state index in [0.717, 1.165) is 6.54 Å². The summed E-state index contributed by atoms with van der Waals surface area (Å²) in [5, 5.41) is 2.79. The third kappa shape index (κ3) is 3.23. The van der Waals surface area contributed by atoms with Gasteiger partial charge in [0.25, 0.3) is 0 Å². The molecule has 110 valence electrons. The molecule has 3 aromatic rings. The van der Waals surface area contributed by atoms with Crippen molar-refractivity contribution in [2.24, 2.45) is 0 Å². The Kier molecular flexibility index (Phi) is 5.09. The Labute approximate surface area is 153 Å². The number of halogens is 2. The predicted molar refractivity (Wildman–Crippen MR) is 109 cm³/mol. The second kappa shape index (κ2) is 6.86. The first kappa shape index (κ1) is 15.6. The van der Waals surface area contributed by atoms with Crippen molar-refractivity contribution in [3.63, 3.8) is 0 Å². The Hall–Kier alpha value is -0.300. The minimum Gasteiger partial charge on any atom is -0.340 e. The molecule has 0 bridgehead atoms. The van der Waals surface area contributed by atoms with Crippen molar-refractivity contribution in [3.8, 4) is 0 Å². The Bertz CT molecular complexity index is 714. The first-order valence-corrected chi connectivity index (χ1v) is 9.73. The van der Waals surface area contributed by atoms with Gasteiger partial charge in [-0.15, -0.1) is 0 Å². The van der Waals surface area contributed by atoms with Crippen LogP contribution in [0.5, 0.6) is 0 Å². The van der Waals surface area contributed by atoms with Crippen LogP contribution < -0.4 is 0 Å². The van der Waals surface area contributed by atoms with Gasteiger partial charge in [0, 0.05) is 35.5 Å². The Morgan fingerprint density at radius 1 is 0.810 bits per heavy atom. The maximum Gasteiger partial charge on any atom is 0.0492 e. The van der Waals surface area contributed by atoms with E-state index in [1.54, 1.807) is 0 Å². The number of rotatable bonds is 5. The van der Waals surface area contributed by atoms with Gasteiger partial charge < -0.3 is 4.57 Å². The third-order valence-corrected chi connectivity index (χ3v) is 5.37. The van der Waals surface area contributed by atoms with E-state index in [9.17, 15) is 0 Å². The lowest BCUT2D eigenvalue weighted by atomic mass is 10.2. The maximum absolute atomic E-state index is 2.51. The quantitative estimate of drug-likeness (QED) is 0.274. The van der Waals surface area contributed by atoms with Gasteiger partial charge in [0.2, 0.25) is 0 Å². The second-order valence-corrected chi connectivity index (χ2v) is 8.03. The molecule has 2 aromatic carbocycles. The van der Waals surface area contributed by atoms with Crippen molar-refractivity contribution < 1.29 is 0 Å². The molecular weight excluding hydrogens is 484 g/mol. The number of aromatic nitrogens is 1. The van der Waals surface area contributed by atoms with E-state index in [-0.39, 0.29) is 0 Å². The lowest BCUT2D eigenvalue weighted by molar-refractivity contribution is 0.602. The first-order valence-electron chi connectivity index (χ1n) is 7.57. The predicted octanol–water partition coefficient (Wildman–Crippen LogP) is 6.58. The van der Waals surface area contributed by atoms with Gasteiger partial charge in [0.1, 0.15) is 0 Å². The van der Waals surface area contributed by atoms with Gasteiger partial charge in [0.05, 0.1) is 0 Å². The third-order valence-electron chi connectivity index (χ3n) is 4.02. The summed E-state index contributed by atoms with van der Waals surface area (Å²) in [4.78, 5) is 0. The van der Waals surface area contributed by atoms with Crippen LogP contribution in [0.3, 0.4) is 0 Å². The second-order valence-electron chi connectivity index (χ2n) is 5.54. The summed E-state index contributed by atoms with van der Waals surface area (Å²) in [5.74, 6) is 0. The minimum atomic E-state index is 1.13. The fourth-order valence-corrected chi connectivity index (χ4v) is 3.97. The summed E-state index contributed by atoms with van der Waals surface area (Å²) in [6, 6.07) is 13.6. The van der Waals surface area contributed by atoms with Crippen molar-refractivity contribution in [1.29, 1.82) is 0 Å². The van der Waals surface area contributed by atoms with Gasteiger partial charge in [-0.25, -0.2) is 0 Å². The van der Waals surface area contributed by atoms with Crippen LogP contribution in [0.25, 0.3) is 21.8 Å². The van der Waals surface area contributed by atoms with Crippen molar-refractivity contribution in [2.45, 2.75) is 39.2 Å². The van der Waals surface area contributed by atoms with Crippen LogP contribution in [0.4, 0.5) is 0 Å². The standard InChI is InChI=1S/C18H19I2N/c1-2-3-4-5-10-21-17-8-6-13(19)11-15(17)16-12-14(20)7-9-18(16)21/h6-9,11-12H,2-5,10H2,1H3. The first-order chi connectivity index (χ1) is 10.2. The molecule has 0 spiro atoms. The van der Waals surface area contributed by atoms with Crippen LogP contribution >= 0.6 is 45.2 Å². The van der Waals surface area contributed by atoms with E-state index in [0.29, 0.717) is 0 Å². The van der Waals surface area contributed by atoms with Gasteiger partial charge in [0.15, 0.2) is 0 Å². The topological polar surface area (TPSA) is 4.93 Å². The van der Waals surface area contributed by atoms with E-state index in [1.807, 2.05) is 0 Å². The van der Waals surface area contributed by atoms with Crippen molar-refractivity contribution in [2.75, 3.05) is 0 Å². The lowest BCUT2D eigenvalue weighted by Gasteiger charge is -2.07. The highest BCUT2D eigenvalue weighted by Gasteiger charge is 2.11. The minimum absolute atomic E-state index is 1.13. The Morgan fingerprint density at radius 3 is 1.90 bits per heavy atom. The SMILES string of the molecule is CCCCCCn1c2ccc(I)cc2c2cc(I)ccc21. The Morgan fingerprint density at radius 2 is 1.38 bits per heavy atom. The van der Waals surface area contributed by atoms with Gasteiger partial charge in [-0.1, -0.05) is 26.2 Å². The molecule has 0 aliphatic carbocycles. The van der Waals surface area contributed by atoms with Gasteiger partial charge in [-0.3, -0.25) is 0 Å². The highest BCUT2D eigenvalue weighted by molar-refractivity contribution is 14.1. The summed E-state index contributed by atoms with van der Waals surface area (Å²) in [6.07, 6.45) is 5.23. The number of hydrogen-bond donors (Lipinski definition) is 0. The number of unbranched alkanes of at least 4 members (excludes halogenated alkanes) is 3. The molecule has 1 heterocycles. The number of nitrogens with zero attached hydrogens (tertiary/aromatic N) is 1. The van der Waals surface area contributed by atoms with E-state index < -0.39 is 0 Å². The van der Waals surface area contributed by atoms with E-state index in [2.05, 4.69) is 93.1 Å². The molecule has 0 aliphatic rings. The monoisotopic (exact) mass is 503 g/mol. The molecule has 0 atom stereocenters. The zero-order chi connectivity index (χ0) is 14.8. The molecule has 0 saturated carbocycles. The van der Waals surface area contributed by atoms with Crippen LogP contribution in [-0.4, -0.2) is 4.57 Å². The highest BCUT2D eigenvalue weighted by Crippen LogP contribution is 2.31. The van der Waals surface area contributed by atoms with E-state index in [4.69, 9.17) is 0 Å². The molecule has 1 nitrogen and oxygen atoms in total. The summed E-state index contributed by atoms with van der Waals surface area (Å²) in [6.45, 7) is 3.39. The van der Waals surface area contributed by atoms with E-state index >= 15 is 0 Å². The molecule has 0 unspecified atom stereocenters. The smallest absolute Gasteiger partial charge is 0.0492 e. The molecule has 0 fully saturated rings. The number of aryl methyl sites for hydroxylation is 1. The Balaban J connectivity index is 2.11. The van der Waals surface area contributed by atoms with E-state index in [1.165, 1.54) is 54.6 Å². The number of fused-ring (bicyclic) bond motifs is 3. The van der Waals surface area contributed by atoms with Gasteiger partial charge >= 0.3 is 0 Å². The molecule has 3 rings (SSSR count). The molecule has 0 aliphatic heterocycles. The summed E-state index contributed by atoms with van der Waals surface area (Å²) in [5.41, 5.74) is 2.76. The largest absolute Gasteiger partial charge is 0.340 e. The molecule has 0 amide bonds. The summed E-state index contributed by atoms with van der Waals surface area (Å²) in [7, 11) is 0. The zero-order valence-electron chi connectivity index (χ0n) is 12.2. The molecule has 3 heteroatoms. The molecule has 0 N–H and O–H groups in total. The number of hydrogen-bond acceptors (Lipinski definition) is 0.